The Morgan fingerprint density at radius 1 is 0.905 bits per heavy atom. The lowest BCUT2D eigenvalue weighted by Crippen LogP contribution is -2.57. The van der Waals surface area contributed by atoms with Crippen LogP contribution in [0, 0.1) is 5.92 Å². The highest BCUT2D eigenvalue weighted by Crippen LogP contribution is 2.28. The monoisotopic (exact) mass is 314 g/mol. The number of nitrogens with zero attached hydrogens (tertiary/aromatic N) is 2. The van der Waals surface area contributed by atoms with Crippen LogP contribution in [0.2, 0.25) is 0 Å². The SMILES string of the molecule is CC(=O)SC1CN(C(C)(C)C)C1.CC1CN(C(C)(C)C)C1. The summed E-state index contributed by atoms with van der Waals surface area (Å²) in [5, 5.41) is 0.787. The summed E-state index contributed by atoms with van der Waals surface area (Å²) < 4.78 is 0. The van der Waals surface area contributed by atoms with Crippen molar-refractivity contribution in [1.29, 1.82) is 0 Å². The van der Waals surface area contributed by atoms with Gasteiger partial charge in [-0.2, -0.15) is 0 Å². The van der Waals surface area contributed by atoms with E-state index in [1.54, 1.807) is 6.92 Å². The predicted molar refractivity (Wildman–Crippen MR) is 93.9 cm³/mol. The van der Waals surface area contributed by atoms with Gasteiger partial charge in [0.25, 0.3) is 0 Å². The van der Waals surface area contributed by atoms with Gasteiger partial charge in [0.05, 0.1) is 0 Å². The summed E-state index contributed by atoms with van der Waals surface area (Å²) in [6.45, 7) is 22.1. The molecule has 0 saturated carbocycles. The summed E-state index contributed by atoms with van der Waals surface area (Å²) in [4.78, 5) is 15.7. The summed E-state index contributed by atoms with van der Waals surface area (Å²) in [6, 6.07) is 0. The van der Waals surface area contributed by atoms with Crippen molar-refractivity contribution in [3.05, 3.63) is 0 Å². The lowest BCUT2D eigenvalue weighted by atomic mass is 9.94. The molecule has 0 amide bonds. The fourth-order valence-corrected chi connectivity index (χ4v) is 3.52. The molecule has 2 fully saturated rings. The number of hydrogen-bond donors (Lipinski definition) is 0. The zero-order valence-corrected chi connectivity index (χ0v) is 16.0. The van der Waals surface area contributed by atoms with Gasteiger partial charge in [-0.1, -0.05) is 18.7 Å². The third-order valence-electron chi connectivity index (χ3n) is 4.14. The molecule has 3 nitrogen and oxygen atoms in total. The lowest BCUT2D eigenvalue weighted by Gasteiger charge is -2.47. The van der Waals surface area contributed by atoms with Gasteiger partial charge in [-0.15, -0.1) is 0 Å². The number of thioether (sulfide) groups is 1. The summed E-state index contributed by atoms with van der Waals surface area (Å²) in [7, 11) is 0. The molecular weight excluding hydrogens is 280 g/mol. The lowest BCUT2D eigenvalue weighted by molar-refractivity contribution is -0.109. The van der Waals surface area contributed by atoms with Crippen molar-refractivity contribution in [2.45, 2.75) is 71.7 Å². The second-order valence-corrected chi connectivity index (χ2v) is 9.97. The normalized spacial score (nSPS) is 22.1. The van der Waals surface area contributed by atoms with E-state index in [9.17, 15) is 4.79 Å². The average molecular weight is 315 g/mol. The largest absolute Gasteiger partial charge is 0.298 e. The van der Waals surface area contributed by atoms with E-state index in [1.807, 2.05) is 0 Å². The Balaban J connectivity index is 0.000000219. The number of carbonyl (C=O) groups excluding carboxylic acids is 1. The quantitative estimate of drug-likeness (QED) is 0.739. The van der Waals surface area contributed by atoms with Gasteiger partial charge in [-0.3, -0.25) is 14.6 Å². The fraction of sp³-hybridized carbons (Fsp3) is 0.941. The first-order chi connectivity index (χ1) is 9.39. The first kappa shape index (κ1) is 19.0. The molecule has 0 aromatic rings. The molecule has 0 N–H and O–H groups in total. The van der Waals surface area contributed by atoms with Gasteiger partial charge in [0, 0.05) is 49.4 Å². The smallest absolute Gasteiger partial charge is 0.186 e. The van der Waals surface area contributed by atoms with Crippen LogP contribution < -0.4 is 0 Å². The number of rotatable bonds is 1. The molecule has 0 unspecified atom stereocenters. The average Bonchev–Trinajstić information content (AvgIpc) is 2.15. The van der Waals surface area contributed by atoms with E-state index in [2.05, 4.69) is 58.3 Å². The maximum Gasteiger partial charge on any atom is 0.186 e. The summed E-state index contributed by atoms with van der Waals surface area (Å²) >= 11 is 1.48. The van der Waals surface area contributed by atoms with Crippen molar-refractivity contribution in [3.63, 3.8) is 0 Å². The Hall–Kier alpha value is -0.0600. The molecular formula is C17H34N2OS. The zero-order chi connectivity index (χ0) is 16.4. The third kappa shape index (κ3) is 6.29. The second-order valence-electron chi connectivity index (χ2n) is 8.49. The minimum absolute atomic E-state index is 0.244. The molecule has 0 radical (unpaired) electrons. The van der Waals surface area contributed by atoms with E-state index in [4.69, 9.17) is 0 Å². The van der Waals surface area contributed by atoms with Crippen molar-refractivity contribution in [1.82, 2.24) is 9.80 Å². The first-order valence-electron chi connectivity index (χ1n) is 8.07. The van der Waals surface area contributed by atoms with Crippen LogP contribution in [0.3, 0.4) is 0 Å². The van der Waals surface area contributed by atoms with Gasteiger partial charge in [0.2, 0.25) is 0 Å². The first-order valence-corrected chi connectivity index (χ1v) is 8.95. The summed E-state index contributed by atoms with van der Waals surface area (Å²) in [5.74, 6) is 0.934. The van der Waals surface area contributed by atoms with Crippen LogP contribution in [-0.4, -0.2) is 57.4 Å². The van der Waals surface area contributed by atoms with Gasteiger partial charge in [0.15, 0.2) is 5.12 Å². The molecule has 2 heterocycles. The molecule has 0 atom stereocenters. The van der Waals surface area contributed by atoms with Crippen LogP contribution in [0.5, 0.6) is 0 Å². The van der Waals surface area contributed by atoms with Crippen LogP contribution >= 0.6 is 11.8 Å². The molecule has 2 aliphatic rings. The van der Waals surface area contributed by atoms with E-state index in [0.717, 1.165) is 19.0 Å². The van der Waals surface area contributed by atoms with Crippen molar-refractivity contribution in [3.8, 4) is 0 Å². The third-order valence-corrected chi connectivity index (χ3v) is 5.11. The van der Waals surface area contributed by atoms with Crippen LogP contribution in [0.4, 0.5) is 0 Å². The molecule has 0 aromatic carbocycles. The molecule has 0 aromatic heterocycles. The molecule has 124 valence electrons. The Morgan fingerprint density at radius 3 is 1.52 bits per heavy atom. The minimum atomic E-state index is 0.244. The summed E-state index contributed by atoms with van der Waals surface area (Å²) in [5.41, 5.74) is 0.681. The molecule has 0 aliphatic carbocycles. The van der Waals surface area contributed by atoms with Crippen molar-refractivity contribution in [2.24, 2.45) is 5.92 Å². The summed E-state index contributed by atoms with van der Waals surface area (Å²) in [6.07, 6.45) is 0. The molecule has 2 rings (SSSR count). The van der Waals surface area contributed by atoms with Gasteiger partial charge in [-0.25, -0.2) is 0 Å². The molecule has 2 saturated heterocycles. The van der Waals surface area contributed by atoms with Gasteiger partial charge in [0.1, 0.15) is 0 Å². The number of likely N-dealkylation sites (tertiary alicyclic amines) is 2. The van der Waals surface area contributed by atoms with E-state index in [0.29, 0.717) is 10.8 Å². The van der Waals surface area contributed by atoms with Crippen LogP contribution in [0.1, 0.15) is 55.4 Å². The van der Waals surface area contributed by atoms with Gasteiger partial charge < -0.3 is 0 Å². The predicted octanol–water partition coefficient (Wildman–Crippen LogP) is 3.49. The van der Waals surface area contributed by atoms with E-state index in [-0.39, 0.29) is 10.7 Å². The standard InChI is InChI=1S/C9H17NOS.C8H17N/c1-7(11)12-8-5-10(6-8)9(2,3)4;1-7-5-9(6-7)8(2,3)4/h8H,5-6H2,1-4H3;7H,5-6H2,1-4H3. The van der Waals surface area contributed by atoms with E-state index >= 15 is 0 Å². The molecule has 4 heteroatoms. The molecule has 0 spiro atoms. The maximum absolute atomic E-state index is 10.7. The Bertz CT molecular complexity index is 345. The topological polar surface area (TPSA) is 23.6 Å². The Kier molecular flexibility index (Phi) is 6.34. The highest BCUT2D eigenvalue weighted by atomic mass is 32.2. The van der Waals surface area contributed by atoms with Gasteiger partial charge >= 0.3 is 0 Å². The highest BCUT2D eigenvalue weighted by molar-refractivity contribution is 8.14. The van der Waals surface area contributed by atoms with Crippen molar-refractivity contribution >= 4 is 16.9 Å². The van der Waals surface area contributed by atoms with Gasteiger partial charge in [-0.05, 0) is 47.5 Å². The fourth-order valence-electron chi connectivity index (χ4n) is 2.54. The highest BCUT2D eigenvalue weighted by Gasteiger charge is 2.35. The Morgan fingerprint density at radius 2 is 1.29 bits per heavy atom. The molecule has 2 aliphatic heterocycles. The maximum atomic E-state index is 10.7. The second kappa shape index (κ2) is 7.01. The van der Waals surface area contributed by atoms with Crippen LogP contribution in [0.25, 0.3) is 0 Å². The minimum Gasteiger partial charge on any atom is -0.298 e. The zero-order valence-electron chi connectivity index (χ0n) is 15.2. The van der Waals surface area contributed by atoms with E-state index < -0.39 is 0 Å². The van der Waals surface area contributed by atoms with Crippen LogP contribution in [0.15, 0.2) is 0 Å². The number of carbonyl (C=O) groups is 1. The van der Waals surface area contributed by atoms with E-state index in [1.165, 1.54) is 24.9 Å². The number of hydrogen-bond acceptors (Lipinski definition) is 4. The molecule has 0 bridgehead atoms. The Labute approximate surface area is 135 Å². The van der Waals surface area contributed by atoms with Crippen molar-refractivity contribution in [2.75, 3.05) is 26.2 Å². The van der Waals surface area contributed by atoms with Crippen LogP contribution in [-0.2, 0) is 4.79 Å². The molecule has 21 heavy (non-hydrogen) atoms. The van der Waals surface area contributed by atoms with Crippen molar-refractivity contribution < 1.29 is 4.79 Å².